The second kappa shape index (κ2) is 9.53. The molecule has 0 saturated carbocycles. The van der Waals surface area contributed by atoms with Crippen LogP contribution >= 0.6 is 0 Å². The van der Waals surface area contributed by atoms with Crippen molar-refractivity contribution in [3.63, 3.8) is 0 Å². The van der Waals surface area contributed by atoms with Crippen molar-refractivity contribution in [1.29, 1.82) is 0 Å². The molecule has 9 heteroatoms. The number of esters is 1. The van der Waals surface area contributed by atoms with E-state index in [9.17, 15) is 18.0 Å². The zero-order valence-corrected chi connectivity index (χ0v) is 17.5. The SMILES string of the molecule is CCOC(=O)c1ccc(NC(=O)[C@H](C)NS(=O)(=O)c2cc(C)ccc2OC)cc1. The fraction of sp³-hybridized carbons (Fsp3) is 0.300. The molecule has 0 spiro atoms. The Bertz CT molecular complexity index is 987. The van der Waals surface area contributed by atoms with Crippen LogP contribution in [-0.4, -0.2) is 40.1 Å². The van der Waals surface area contributed by atoms with E-state index >= 15 is 0 Å². The number of methoxy groups -OCH3 is 1. The molecule has 0 saturated heterocycles. The fourth-order valence-corrected chi connectivity index (χ4v) is 3.95. The number of amides is 1. The average Bonchev–Trinajstić information content (AvgIpc) is 2.68. The summed E-state index contributed by atoms with van der Waals surface area (Å²) >= 11 is 0. The summed E-state index contributed by atoms with van der Waals surface area (Å²) in [6.07, 6.45) is 0. The lowest BCUT2D eigenvalue weighted by atomic mass is 10.2. The Morgan fingerprint density at radius 3 is 2.34 bits per heavy atom. The average molecular weight is 420 g/mol. The lowest BCUT2D eigenvalue weighted by Gasteiger charge is -2.16. The predicted octanol–water partition coefficient (Wildman–Crippen LogP) is 2.49. The summed E-state index contributed by atoms with van der Waals surface area (Å²) in [5.74, 6) is -0.826. The number of carbonyl (C=O) groups excluding carboxylic acids is 2. The lowest BCUT2D eigenvalue weighted by Crippen LogP contribution is -2.41. The summed E-state index contributed by atoms with van der Waals surface area (Å²) in [6, 6.07) is 9.81. The molecule has 156 valence electrons. The molecule has 0 radical (unpaired) electrons. The molecular weight excluding hydrogens is 396 g/mol. The highest BCUT2D eigenvalue weighted by Crippen LogP contribution is 2.24. The second-order valence-electron chi connectivity index (χ2n) is 6.28. The van der Waals surface area contributed by atoms with Crippen LogP contribution in [0.25, 0.3) is 0 Å². The van der Waals surface area contributed by atoms with E-state index in [0.717, 1.165) is 5.56 Å². The minimum absolute atomic E-state index is 0.0431. The van der Waals surface area contributed by atoms with Crippen molar-refractivity contribution in [2.24, 2.45) is 0 Å². The number of hydrogen-bond donors (Lipinski definition) is 2. The molecule has 0 unspecified atom stereocenters. The Balaban J connectivity index is 2.09. The summed E-state index contributed by atoms with van der Waals surface area (Å²) in [4.78, 5) is 24.0. The van der Waals surface area contributed by atoms with Crippen LogP contribution in [-0.2, 0) is 19.6 Å². The van der Waals surface area contributed by atoms with Gasteiger partial charge in [0.2, 0.25) is 15.9 Å². The molecule has 2 rings (SSSR count). The Labute approximate surface area is 170 Å². The Morgan fingerprint density at radius 1 is 1.10 bits per heavy atom. The molecule has 2 aromatic carbocycles. The molecule has 2 N–H and O–H groups in total. The number of anilines is 1. The van der Waals surface area contributed by atoms with Gasteiger partial charge in [-0.3, -0.25) is 4.79 Å². The summed E-state index contributed by atoms with van der Waals surface area (Å²) in [6.45, 7) is 5.17. The highest BCUT2D eigenvalue weighted by atomic mass is 32.2. The topological polar surface area (TPSA) is 111 Å². The van der Waals surface area contributed by atoms with Gasteiger partial charge >= 0.3 is 5.97 Å². The molecular formula is C20H24N2O6S. The van der Waals surface area contributed by atoms with Crippen LogP contribution in [0, 0.1) is 6.92 Å². The van der Waals surface area contributed by atoms with Crippen LogP contribution in [0.4, 0.5) is 5.69 Å². The maximum atomic E-state index is 12.7. The Morgan fingerprint density at radius 2 is 1.76 bits per heavy atom. The molecule has 0 bridgehead atoms. The minimum Gasteiger partial charge on any atom is -0.495 e. The standard InChI is InChI=1S/C20H24N2O6S/c1-5-28-20(24)15-7-9-16(10-8-15)21-19(23)14(3)22-29(25,26)18-12-13(2)6-11-17(18)27-4/h6-12,14,22H,5H2,1-4H3,(H,21,23)/t14-/m0/s1. The van der Waals surface area contributed by atoms with Crippen LogP contribution in [0.1, 0.15) is 29.8 Å². The van der Waals surface area contributed by atoms with Crippen molar-refractivity contribution in [3.8, 4) is 5.75 Å². The third kappa shape index (κ3) is 5.78. The van der Waals surface area contributed by atoms with Gasteiger partial charge in [-0.05, 0) is 62.7 Å². The molecule has 2 aromatic rings. The number of rotatable bonds is 8. The van der Waals surface area contributed by atoms with Crippen LogP contribution in [0.15, 0.2) is 47.4 Å². The van der Waals surface area contributed by atoms with Crippen molar-refractivity contribution in [2.75, 3.05) is 19.0 Å². The van der Waals surface area contributed by atoms with Crippen molar-refractivity contribution < 1.29 is 27.5 Å². The first kappa shape index (κ1) is 22.4. The minimum atomic E-state index is -3.98. The highest BCUT2D eigenvalue weighted by molar-refractivity contribution is 7.89. The van der Waals surface area contributed by atoms with Crippen LogP contribution in [0.5, 0.6) is 5.75 Å². The largest absolute Gasteiger partial charge is 0.495 e. The lowest BCUT2D eigenvalue weighted by molar-refractivity contribution is -0.117. The van der Waals surface area contributed by atoms with Gasteiger partial charge in [-0.25, -0.2) is 13.2 Å². The quantitative estimate of drug-likeness (QED) is 0.635. The molecule has 1 atom stereocenters. The maximum absolute atomic E-state index is 12.7. The summed E-state index contributed by atoms with van der Waals surface area (Å²) in [7, 11) is -2.61. The van der Waals surface area contributed by atoms with Crippen molar-refractivity contribution in [1.82, 2.24) is 4.72 Å². The van der Waals surface area contributed by atoms with Gasteiger partial charge in [0.05, 0.1) is 25.3 Å². The van der Waals surface area contributed by atoms with E-state index in [4.69, 9.17) is 9.47 Å². The molecule has 0 aliphatic carbocycles. The van der Waals surface area contributed by atoms with Gasteiger partial charge < -0.3 is 14.8 Å². The molecule has 0 fully saturated rings. The van der Waals surface area contributed by atoms with E-state index in [0.29, 0.717) is 11.3 Å². The number of sulfonamides is 1. The van der Waals surface area contributed by atoms with E-state index in [2.05, 4.69) is 10.0 Å². The molecule has 0 aliphatic heterocycles. The van der Waals surface area contributed by atoms with Crippen LogP contribution in [0.2, 0.25) is 0 Å². The molecule has 29 heavy (non-hydrogen) atoms. The summed E-state index contributed by atoms with van der Waals surface area (Å²) < 4.78 is 37.7. The zero-order valence-electron chi connectivity index (χ0n) is 16.7. The van der Waals surface area contributed by atoms with Crippen molar-refractivity contribution in [3.05, 3.63) is 53.6 Å². The number of aryl methyl sites for hydroxylation is 1. The first-order valence-corrected chi connectivity index (χ1v) is 10.4. The molecule has 0 aliphatic rings. The predicted molar refractivity (Wildman–Crippen MR) is 109 cm³/mol. The molecule has 1 amide bonds. The summed E-state index contributed by atoms with van der Waals surface area (Å²) in [5, 5.41) is 2.60. The maximum Gasteiger partial charge on any atom is 0.338 e. The molecule has 0 aromatic heterocycles. The van der Waals surface area contributed by atoms with Gasteiger partial charge in [0.1, 0.15) is 10.6 Å². The van der Waals surface area contributed by atoms with Crippen LogP contribution < -0.4 is 14.8 Å². The van der Waals surface area contributed by atoms with Gasteiger partial charge in [-0.15, -0.1) is 0 Å². The van der Waals surface area contributed by atoms with Crippen molar-refractivity contribution in [2.45, 2.75) is 31.7 Å². The fourth-order valence-electron chi connectivity index (χ4n) is 2.50. The first-order valence-electron chi connectivity index (χ1n) is 8.93. The zero-order chi connectivity index (χ0) is 21.6. The van der Waals surface area contributed by atoms with E-state index in [1.165, 1.54) is 44.4 Å². The number of hydrogen-bond acceptors (Lipinski definition) is 6. The van der Waals surface area contributed by atoms with Gasteiger partial charge in [-0.1, -0.05) is 6.07 Å². The van der Waals surface area contributed by atoms with E-state index in [1.807, 2.05) is 0 Å². The third-order valence-corrected chi connectivity index (χ3v) is 5.56. The highest BCUT2D eigenvalue weighted by Gasteiger charge is 2.25. The number of benzene rings is 2. The smallest absolute Gasteiger partial charge is 0.338 e. The molecule has 0 heterocycles. The van der Waals surface area contributed by atoms with E-state index < -0.39 is 27.9 Å². The Hall–Kier alpha value is -2.91. The second-order valence-corrected chi connectivity index (χ2v) is 7.97. The van der Waals surface area contributed by atoms with Gasteiger partial charge in [0, 0.05) is 5.69 Å². The molecule has 8 nitrogen and oxygen atoms in total. The third-order valence-electron chi connectivity index (χ3n) is 4.00. The van der Waals surface area contributed by atoms with E-state index in [1.54, 1.807) is 26.0 Å². The number of carbonyl (C=O) groups is 2. The first-order chi connectivity index (χ1) is 13.7. The number of ether oxygens (including phenoxy) is 2. The van der Waals surface area contributed by atoms with E-state index in [-0.39, 0.29) is 17.3 Å². The van der Waals surface area contributed by atoms with Gasteiger partial charge in [-0.2, -0.15) is 4.72 Å². The van der Waals surface area contributed by atoms with Gasteiger partial charge in [0.25, 0.3) is 0 Å². The number of nitrogens with one attached hydrogen (secondary N) is 2. The van der Waals surface area contributed by atoms with Gasteiger partial charge in [0.15, 0.2) is 0 Å². The normalized spacial score (nSPS) is 12.1. The van der Waals surface area contributed by atoms with Crippen LogP contribution in [0.3, 0.4) is 0 Å². The Kier molecular flexibility index (Phi) is 7.35. The summed E-state index contributed by atoms with van der Waals surface area (Å²) in [5.41, 5.74) is 1.51. The van der Waals surface area contributed by atoms with Crippen molar-refractivity contribution >= 4 is 27.6 Å². The monoisotopic (exact) mass is 420 g/mol.